The van der Waals surface area contributed by atoms with Crippen molar-refractivity contribution in [3.63, 3.8) is 0 Å². The highest BCUT2D eigenvalue weighted by molar-refractivity contribution is 7.97. The third-order valence-electron chi connectivity index (χ3n) is 1.67. The van der Waals surface area contributed by atoms with Crippen LogP contribution in [0.3, 0.4) is 0 Å². The molecule has 0 atom stereocenters. The van der Waals surface area contributed by atoms with E-state index in [0.717, 1.165) is 18.0 Å². The normalized spacial score (nSPS) is 22.9. The molecule has 0 aromatic rings. The van der Waals surface area contributed by atoms with Gasteiger partial charge in [0, 0.05) is 26.0 Å². The van der Waals surface area contributed by atoms with Gasteiger partial charge in [-0.15, -0.1) is 0 Å². The zero-order valence-corrected chi connectivity index (χ0v) is 7.90. The Morgan fingerprint density at radius 1 is 1.55 bits per heavy atom. The van der Waals surface area contributed by atoms with Crippen LogP contribution in [-0.4, -0.2) is 29.1 Å². The fourth-order valence-corrected chi connectivity index (χ4v) is 1.67. The maximum Gasteiger partial charge on any atom is 0.110 e. The maximum absolute atomic E-state index is 3.96. The van der Waals surface area contributed by atoms with Crippen molar-refractivity contribution in [1.29, 1.82) is 0 Å². The Hall–Kier alpha value is -0.570. The molecule has 0 aromatic carbocycles. The molecular weight excluding hydrogens is 156 g/mol. The molecule has 0 aromatic heterocycles. The Kier molecular flexibility index (Phi) is 2.88. The van der Waals surface area contributed by atoms with Gasteiger partial charge in [0.25, 0.3) is 0 Å². The molecule has 1 aliphatic heterocycles. The summed E-state index contributed by atoms with van der Waals surface area (Å²) in [5.74, 6) is 2.17. The van der Waals surface area contributed by atoms with Gasteiger partial charge in [0.1, 0.15) is 5.82 Å². The maximum atomic E-state index is 3.96. The molecule has 62 valence electrons. The monoisotopic (exact) mass is 170 g/mol. The SMILES string of the molecule is C=C1N(C)/C=C\CCSN1C. The van der Waals surface area contributed by atoms with E-state index in [1.807, 2.05) is 19.0 Å². The Morgan fingerprint density at radius 3 is 3.00 bits per heavy atom. The molecule has 0 spiro atoms. The molecule has 2 nitrogen and oxygen atoms in total. The molecule has 0 N–H and O–H groups in total. The molecule has 0 unspecified atom stereocenters. The first-order valence-electron chi connectivity index (χ1n) is 3.67. The molecule has 0 saturated carbocycles. The summed E-state index contributed by atoms with van der Waals surface area (Å²) in [6, 6.07) is 0. The van der Waals surface area contributed by atoms with E-state index in [9.17, 15) is 0 Å². The van der Waals surface area contributed by atoms with E-state index < -0.39 is 0 Å². The van der Waals surface area contributed by atoms with E-state index in [1.165, 1.54) is 0 Å². The van der Waals surface area contributed by atoms with E-state index in [-0.39, 0.29) is 0 Å². The zero-order chi connectivity index (χ0) is 8.27. The van der Waals surface area contributed by atoms with Crippen molar-refractivity contribution in [2.24, 2.45) is 0 Å². The minimum absolute atomic E-state index is 1.03. The van der Waals surface area contributed by atoms with E-state index in [1.54, 1.807) is 11.9 Å². The zero-order valence-electron chi connectivity index (χ0n) is 7.08. The van der Waals surface area contributed by atoms with E-state index in [4.69, 9.17) is 0 Å². The standard InChI is InChI=1S/C8H14N2S/c1-8-9(2)6-4-5-7-11-10(8)3/h4,6H,1,5,7H2,2-3H3/b6-4-. The summed E-state index contributed by atoms with van der Waals surface area (Å²) in [5.41, 5.74) is 0. The lowest BCUT2D eigenvalue weighted by Crippen LogP contribution is -2.22. The van der Waals surface area contributed by atoms with Crippen molar-refractivity contribution >= 4 is 11.9 Å². The smallest absolute Gasteiger partial charge is 0.110 e. The van der Waals surface area contributed by atoms with Gasteiger partial charge in [-0.25, -0.2) is 0 Å². The highest BCUT2D eigenvalue weighted by Crippen LogP contribution is 2.19. The molecule has 1 rings (SSSR count). The number of hydrogen-bond acceptors (Lipinski definition) is 3. The third-order valence-corrected chi connectivity index (χ3v) is 2.69. The van der Waals surface area contributed by atoms with Crippen molar-refractivity contribution in [3.05, 3.63) is 24.7 Å². The number of hydrogen-bond donors (Lipinski definition) is 0. The van der Waals surface area contributed by atoms with Gasteiger partial charge >= 0.3 is 0 Å². The molecule has 0 fully saturated rings. The van der Waals surface area contributed by atoms with E-state index >= 15 is 0 Å². The van der Waals surface area contributed by atoms with Crippen LogP contribution in [0.1, 0.15) is 6.42 Å². The fourth-order valence-electron chi connectivity index (χ4n) is 0.873. The number of rotatable bonds is 0. The molecule has 0 amide bonds. The second-order valence-electron chi connectivity index (χ2n) is 2.53. The van der Waals surface area contributed by atoms with Crippen LogP contribution in [0.2, 0.25) is 0 Å². The Bertz CT molecular complexity index is 177. The summed E-state index contributed by atoms with van der Waals surface area (Å²) < 4.78 is 2.10. The largest absolute Gasteiger partial charge is 0.338 e. The second kappa shape index (κ2) is 3.72. The first-order chi connectivity index (χ1) is 5.22. The van der Waals surface area contributed by atoms with Gasteiger partial charge in [0.15, 0.2) is 0 Å². The first kappa shape index (κ1) is 8.53. The first-order valence-corrected chi connectivity index (χ1v) is 4.61. The van der Waals surface area contributed by atoms with Crippen molar-refractivity contribution < 1.29 is 0 Å². The highest BCUT2D eigenvalue weighted by atomic mass is 32.2. The molecule has 0 radical (unpaired) electrons. The van der Waals surface area contributed by atoms with Gasteiger partial charge in [-0.2, -0.15) is 0 Å². The molecule has 11 heavy (non-hydrogen) atoms. The molecule has 0 bridgehead atoms. The lowest BCUT2D eigenvalue weighted by Gasteiger charge is -2.27. The minimum atomic E-state index is 1.03. The lowest BCUT2D eigenvalue weighted by molar-refractivity contribution is 0.448. The Balaban J connectivity index is 2.64. The van der Waals surface area contributed by atoms with Crippen LogP contribution in [-0.2, 0) is 0 Å². The van der Waals surface area contributed by atoms with Crippen molar-refractivity contribution in [1.82, 2.24) is 9.21 Å². The van der Waals surface area contributed by atoms with Gasteiger partial charge in [-0.3, -0.25) is 0 Å². The molecule has 1 heterocycles. The lowest BCUT2D eigenvalue weighted by atomic mass is 10.4. The average molecular weight is 170 g/mol. The predicted molar refractivity (Wildman–Crippen MR) is 50.9 cm³/mol. The van der Waals surface area contributed by atoms with Crippen LogP contribution >= 0.6 is 11.9 Å². The molecule has 0 aliphatic carbocycles. The topological polar surface area (TPSA) is 6.48 Å². The molecule has 3 heteroatoms. The van der Waals surface area contributed by atoms with Crippen LogP contribution < -0.4 is 0 Å². The minimum Gasteiger partial charge on any atom is -0.338 e. The predicted octanol–water partition coefficient (Wildman–Crippen LogP) is 1.89. The highest BCUT2D eigenvalue weighted by Gasteiger charge is 2.06. The van der Waals surface area contributed by atoms with Gasteiger partial charge in [0.05, 0.1) is 0 Å². The molecule has 1 aliphatic rings. The van der Waals surface area contributed by atoms with Gasteiger partial charge in [-0.1, -0.05) is 12.7 Å². The van der Waals surface area contributed by atoms with Crippen LogP contribution in [0.4, 0.5) is 0 Å². The summed E-state index contributed by atoms with van der Waals surface area (Å²) in [6.45, 7) is 3.96. The summed E-state index contributed by atoms with van der Waals surface area (Å²) in [5, 5.41) is 0. The van der Waals surface area contributed by atoms with Crippen LogP contribution in [0, 0.1) is 0 Å². The summed E-state index contributed by atoms with van der Waals surface area (Å²) in [4.78, 5) is 2.03. The number of allylic oxidation sites excluding steroid dienone is 1. The number of nitrogens with zero attached hydrogens (tertiary/aromatic N) is 2. The van der Waals surface area contributed by atoms with Crippen molar-refractivity contribution in [2.75, 3.05) is 19.8 Å². The van der Waals surface area contributed by atoms with E-state index in [2.05, 4.69) is 23.2 Å². The third kappa shape index (κ3) is 2.19. The van der Waals surface area contributed by atoms with Gasteiger partial charge in [-0.05, 0) is 18.4 Å². The van der Waals surface area contributed by atoms with Crippen LogP contribution in [0.25, 0.3) is 0 Å². The summed E-state index contributed by atoms with van der Waals surface area (Å²) >= 11 is 1.80. The quantitative estimate of drug-likeness (QED) is 0.513. The van der Waals surface area contributed by atoms with Crippen LogP contribution in [0.5, 0.6) is 0 Å². The molecular formula is C8H14N2S. The van der Waals surface area contributed by atoms with Crippen molar-refractivity contribution in [2.45, 2.75) is 6.42 Å². The van der Waals surface area contributed by atoms with Gasteiger partial charge < -0.3 is 9.21 Å². The van der Waals surface area contributed by atoms with Gasteiger partial charge in [0.2, 0.25) is 0 Å². The second-order valence-corrected chi connectivity index (χ2v) is 3.75. The average Bonchev–Trinajstić information content (AvgIpc) is 2.00. The Morgan fingerprint density at radius 2 is 2.27 bits per heavy atom. The molecule has 0 saturated heterocycles. The fraction of sp³-hybridized carbons (Fsp3) is 0.500. The summed E-state index contributed by atoms with van der Waals surface area (Å²) in [6.07, 6.45) is 5.37. The Labute approximate surface area is 72.7 Å². The summed E-state index contributed by atoms with van der Waals surface area (Å²) in [7, 11) is 4.06. The van der Waals surface area contributed by atoms with Crippen LogP contribution in [0.15, 0.2) is 24.7 Å². The van der Waals surface area contributed by atoms with E-state index in [0.29, 0.717) is 0 Å². The van der Waals surface area contributed by atoms with Crippen molar-refractivity contribution in [3.8, 4) is 0 Å².